The van der Waals surface area contributed by atoms with Gasteiger partial charge in [-0.1, -0.05) is 12.1 Å². The fraction of sp³-hybridized carbons (Fsp3) is 0.417. The van der Waals surface area contributed by atoms with E-state index in [2.05, 4.69) is 26.6 Å². The molecule has 1 fully saturated rings. The molecule has 1 aliphatic heterocycles. The lowest BCUT2D eigenvalue weighted by molar-refractivity contribution is -0.117. The Labute approximate surface area is 114 Å². The Bertz CT molecular complexity index is 419. The largest absolute Gasteiger partial charge is 0.324 e. The van der Waals surface area contributed by atoms with Gasteiger partial charge in [-0.2, -0.15) is 11.8 Å². The van der Waals surface area contributed by atoms with Crippen LogP contribution in [0.25, 0.3) is 0 Å². The maximum absolute atomic E-state index is 12.0. The number of hydrogen-bond donors (Lipinski definition) is 2. The van der Waals surface area contributed by atoms with Crippen molar-refractivity contribution in [3.63, 3.8) is 0 Å². The summed E-state index contributed by atoms with van der Waals surface area (Å²) < 4.78 is 0.955. The molecule has 1 aliphatic rings. The Balaban J connectivity index is 2.04. The fourth-order valence-corrected chi connectivity index (χ4v) is 2.99. The molecular weight excluding hydrogens is 300 g/mol. The topological polar surface area (TPSA) is 41.1 Å². The summed E-state index contributed by atoms with van der Waals surface area (Å²) in [7, 11) is 0. The summed E-state index contributed by atoms with van der Waals surface area (Å²) in [6, 6.07) is 5.78. The molecule has 2 N–H and O–H groups in total. The van der Waals surface area contributed by atoms with Crippen LogP contribution in [-0.2, 0) is 4.79 Å². The predicted octanol–water partition coefficient (Wildman–Crippen LogP) is 2.40. The van der Waals surface area contributed by atoms with Gasteiger partial charge in [0.05, 0.1) is 11.7 Å². The predicted molar refractivity (Wildman–Crippen MR) is 76.6 cm³/mol. The number of rotatable bonds is 2. The van der Waals surface area contributed by atoms with Gasteiger partial charge in [-0.3, -0.25) is 4.79 Å². The first-order valence-electron chi connectivity index (χ1n) is 5.55. The lowest BCUT2D eigenvalue weighted by atomic mass is 10.2. The third-order valence-corrected chi connectivity index (χ3v) is 4.80. The molecule has 1 amide bonds. The molecule has 1 atom stereocenters. The molecule has 0 spiro atoms. The summed E-state index contributed by atoms with van der Waals surface area (Å²) in [5.41, 5.74) is 1.96. The van der Waals surface area contributed by atoms with E-state index in [1.165, 1.54) is 0 Å². The SMILES string of the molecule is Cc1cccc(NC(=O)C2CSCCN2)c1Br. The number of anilines is 1. The van der Waals surface area contributed by atoms with Crippen molar-refractivity contribution in [3.05, 3.63) is 28.2 Å². The number of halogens is 1. The number of carbonyl (C=O) groups excluding carboxylic acids is 1. The summed E-state index contributed by atoms with van der Waals surface area (Å²) in [5.74, 6) is 1.97. The van der Waals surface area contributed by atoms with Gasteiger partial charge in [-0.25, -0.2) is 0 Å². The van der Waals surface area contributed by atoms with E-state index in [0.29, 0.717) is 0 Å². The van der Waals surface area contributed by atoms with E-state index in [-0.39, 0.29) is 11.9 Å². The maximum Gasteiger partial charge on any atom is 0.242 e. The average Bonchev–Trinajstić information content (AvgIpc) is 2.36. The number of aryl methyl sites for hydroxylation is 1. The van der Waals surface area contributed by atoms with Crippen molar-refractivity contribution in [2.75, 3.05) is 23.4 Å². The van der Waals surface area contributed by atoms with Crippen molar-refractivity contribution < 1.29 is 4.79 Å². The van der Waals surface area contributed by atoms with Crippen molar-refractivity contribution in [1.82, 2.24) is 5.32 Å². The highest BCUT2D eigenvalue weighted by Gasteiger charge is 2.21. The zero-order chi connectivity index (χ0) is 12.3. The molecule has 0 bridgehead atoms. The standard InChI is InChI=1S/C12H15BrN2OS/c1-8-3-2-4-9(11(8)13)15-12(16)10-7-17-6-5-14-10/h2-4,10,14H,5-7H2,1H3,(H,15,16). The molecule has 0 aliphatic carbocycles. The van der Waals surface area contributed by atoms with Crippen molar-refractivity contribution in [2.45, 2.75) is 13.0 Å². The first-order chi connectivity index (χ1) is 8.18. The van der Waals surface area contributed by atoms with Gasteiger partial charge in [0.2, 0.25) is 5.91 Å². The Morgan fingerprint density at radius 2 is 2.41 bits per heavy atom. The molecule has 1 saturated heterocycles. The van der Waals surface area contributed by atoms with Crippen LogP contribution in [0.4, 0.5) is 5.69 Å². The zero-order valence-electron chi connectivity index (χ0n) is 9.63. The van der Waals surface area contributed by atoms with Gasteiger partial charge in [-0.05, 0) is 34.5 Å². The Kier molecular flexibility index (Phi) is 4.48. The van der Waals surface area contributed by atoms with Crippen molar-refractivity contribution in [3.8, 4) is 0 Å². The van der Waals surface area contributed by atoms with Gasteiger partial charge in [0.1, 0.15) is 0 Å². The molecule has 5 heteroatoms. The van der Waals surface area contributed by atoms with Gasteiger partial charge in [0.15, 0.2) is 0 Å². The third-order valence-electron chi connectivity index (χ3n) is 2.69. The minimum Gasteiger partial charge on any atom is -0.324 e. The fourth-order valence-electron chi connectivity index (χ4n) is 1.70. The van der Waals surface area contributed by atoms with Crippen LogP contribution >= 0.6 is 27.7 Å². The van der Waals surface area contributed by atoms with E-state index >= 15 is 0 Å². The maximum atomic E-state index is 12.0. The van der Waals surface area contributed by atoms with Crippen LogP contribution in [0.5, 0.6) is 0 Å². The highest BCUT2D eigenvalue weighted by Crippen LogP contribution is 2.26. The van der Waals surface area contributed by atoms with Crippen LogP contribution in [0.1, 0.15) is 5.56 Å². The molecule has 0 radical (unpaired) electrons. The van der Waals surface area contributed by atoms with E-state index < -0.39 is 0 Å². The minimum atomic E-state index is -0.0823. The van der Waals surface area contributed by atoms with E-state index in [4.69, 9.17) is 0 Å². The van der Waals surface area contributed by atoms with Crippen molar-refractivity contribution >= 4 is 39.3 Å². The lowest BCUT2D eigenvalue weighted by Crippen LogP contribution is -2.46. The van der Waals surface area contributed by atoms with Crippen molar-refractivity contribution in [2.24, 2.45) is 0 Å². The Hall–Kier alpha value is -0.520. The van der Waals surface area contributed by atoms with Crippen molar-refractivity contribution in [1.29, 1.82) is 0 Å². The summed E-state index contributed by atoms with van der Waals surface area (Å²) in [5, 5.41) is 6.18. The molecule has 0 saturated carbocycles. The summed E-state index contributed by atoms with van der Waals surface area (Å²) >= 11 is 5.31. The van der Waals surface area contributed by atoms with Crippen LogP contribution in [0.3, 0.4) is 0 Å². The quantitative estimate of drug-likeness (QED) is 0.880. The molecule has 1 aromatic rings. The summed E-state index contributed by atoms with van der Waals surface area (Å²) in [6.45, 7) is 2.91. The molecule has 92 valence electrons. The normalized spacial score (nSPS) is 20.0. The molecule has 1 unspecified atom stereocenters. The van der Waals surface area contributed by atoms with Crippen LogP contribution in [-0.4, -0.2) is 30.0 Å². The second-order valence-electron chi connectivity index (χ2n) is 4.01. The number of amides is 1. The van der Waals surface area contributed by atoms with Gasteiger partial charge in [0.25, 0.3) is 0 Å². The number of thioether (sulfide) groups is 1. The molecular formula is C12H15BrN2OS. The Morgan fingerprint density at radius 3 is 3.12 bits per heavy atom. The lowest BCUT2D eigenvalue weighted by Gasteiger charge is -2.22. The molecule has 2 rings (SSSR count). The number of carbonyl (C=O) groups is 1. The highest BCUT2D eigenvalue weighted by molar-refractivity contribution is 9.10. The molecule has 1 heterocycles. The smallest absolute Gasteiger partial charge is 0.242 e. The first kappa shape index (κ1) is 12.9. The number of hydrogen-bond acceptors (Lipinski definition) is 3. The average molecular weight is 315 g/mol. The van der Waals surface area contributed by atoms with Gasteiger partial charge >= 0.3 is 0 Å². The van der Waals surface area contributed by atoms with Crippen LogP contribution in [0.15, 0.2) is 22.7 Å². The molecule has 0 aromatic heterocycles. The monoisotopic (exact) mass is 314 g/mol. The van der Waals surface area contributed by atoms with Gasteiger partial charge in [-0.15, -0.1) is 0 Å². The molecule has 17 heavy (non-hydrogen) atoms. The summed E-state index contributed by atoms with van der Waals surface area (Å²) in [4.78, 5) is 12.0. The summed E-state index contributed by atoms with van der Waals surface area (Å²) in [6.07, 6.45) is 0. The van der Waals surface area contributed by atoms with E-state index in [1.54, 1.807) is 0 Å². The van der Waals surface area contributed by atoms with Gasteiger partial charge in [0, 0.05) is 22.5 Å². The molecule has 1 aromatic carbocycles. The second kappa shape index (κ2) is 5.89. The number of benzene rings is 1. The van der Waals surface area contributed by atoms with E-state index in [1.807, 2.05) is 36.9 Å². The number of nitrogens with one attached hydrogen (secondary N) is 2. The highest BCUT2D eigenvalue weighted by atomic mass is 79.9. The van der Waals surface area contributed by atoms with E-state index in [9.17, 15) is 4.79 Å². The van der Waals surface area contributed by atoms with Crippen LogP contribution < -0.4 is 10.6 Å². The minimum absolute atomic E-state index is 0.0449. The van der Waals surface area contributed by atoms with E-state index in [0.717, 1.165) is 33.8 Å². The van der Waals surface area contributed by atoms with Crippen LogP contribution in [0.2, 0.25) is 0 Å². The first-order valence-corrected chi connectivity index (χ1v) is 7.50. The second-order valence-corrected chi connectivity index (χ2v) is 5.95. The Morgan fingerprint density at radius 1 is 1.59 bits per heavy atom. The zero-order valence-corrected chi connectivity index (χ0v) is 12.0. The molecule has 3 nitrogen and oxygen atoms in total. The van der Waals surface area contributed by atoms with Gasteiger partial charge < -0.3 is 10.6 Å². The van der Waals surface area contributed by atoms with Crippen LogP contribution in [0, 0.1) is 6.92 Å². The third kappa shape index (κ3) is 3.24.